The number of nitrogens with one attached hydrogen (secondary N) is 1. The maximum Gasteiger partial charge on any atom is 0.323 e. The molecule has 0 aromatic heterocycles. The first-order valence-electron chi connectivity index (χ1n) is 7.20. The maximum atomic E-state index is 12.0. The van der Waals surface area contributed by atoms with E-state index in [2.05, 4.69) is 17.1 Å². The Kier molecular flexibility index (Phi) is 5.19. The number of carbonyl (C=O) groups excluding carboxylic acids is 1. The third-order valence-corrected chi connectivity index (χ3v) is 3.71. The summed E-state index contributed by atoms with van der Waals surface area (Å²) >= 11 is 0. The molecule has 2 aliphatic rings. The van der Waals surface area contributed by atoms with Gasteiger partial charge in [-0.1, -0.05) is 6.92 Å². The Morgan fingerprint density at radius 3 is 2.80 bits per heavy atom. The van der Waals surface area contributed by atoms with E-state index < -0.39 is 5.97 Å². The van der Waals surface area contributed by atoms with Crippen LogP contribution >= 0.6 is 0 Å². The van der Waals surface area contributed by atoms with Gasteiger partial charge in [0.25, 0.3) is 0 Å². The van der Waals surface area contributed by atoms with Gasteiger partial charge in [0.05, 0.1) is 12.7 Å². The molecule has 0 spiro atoms. The molecule has 1 saturated heterocycles. The number of hydrogen-bond donors (Lipinski definition) is 2. The minimum absolute atomic E-state index is 0.0152. The molecule has 7 heteroatoms. The number of amides is 2. The van der Waals surface area contributed by atoms with Crippen LogP contribution in [0.15, 0.2) is 0 Å². The third kappa shape index (κ3) is 4.35. The van der Waals surface area contributed by atoms with E-state index in [4.69, 9.17) is 9.84 Å². The molecule has 1 heterocycles. The van der Waals surface area contributed by atoms with Crippen molar-refractivity contribution in [3.8, 4) is 0 Å². The molecule has 1 aliphatic heterocycles. The highest BCUT2D eigenvalue weighted by Crippen LogP contribution is 2.26. The molecular formula is C13H23N3O4. The van der Waals surface area contributed by atoms with Crippen molar-refractivity contribution < 1.29 is 19.4 Å². The average molecular weight is 285 g/mol. The van der Waals surface area contributed by atoms with Crippen LogP contribution in [0.4, 0.5) is 4.79 Å². The summed E-state index contributed by atoms with van der Waals surface area (Å²) in [5.41, 5.74) is 0. The maximum absolute atomic E-state index is 12.0. The smallest absolute Gasteiger partial charge is 0.323 e. The first kappa shape index (κ1) is 15.1. The number of likely N-dealkylation sites (N-methyl/N-ethyl adjacent to an activating group) is 1. The Morgan fingerprint density at radius 1 is 1.45 bits per heavy atom. The molecule has 1 saturated carbocycles. The fourth-order valence-corrected chi connectivity index (χ4v) is 2.39. The molecule has 2 rings (SSSR count). The first-order valence-corrected chi connectivity index (χ1v) is 7.20. The lowest BCUT2D eigenvalue weighted by atomic mass is 10.2. The summed E-state index contributed by atoms with van der Waals surface area (Å²) in [6.07, 6.45) is 1.77. The van der Waals surface area contributed by atoms with Crippen LogP contribution in [-0.4, -0.2) is 78.4 Å². The number of ether oxygens (including phenoxy) is 1. The van der Waals surface area contributed by atoms with Gasteiger partial charge in [-0.2, -0.15) is 0 Å². The molecule has 2 N–H and O–H groups in total. The van der Waals surface area contributed by atoms with Crippen molar-refractivity contribution in [2.75, 3.05) is 39.3 Å². The second-order valence-corrected chi connectivity index (χ2v) is 5.32. The predicted molar refractivity (Wildman–Crippen MR) is 72.6 cm³/mol. The zero-order chi connectivity index (χ0) is 14.5. The lowest BCUT2D eigenvalue weighted by Crippen LogP contribution is -2.50. The van der Waals surface area contributed by atoms with Crippen LogP contribution in [-0.2, 0) is 9.53 Å². The lowest BCUT2D eigenvalue weighted by Gasteiger charge is -2.32. The van der Waals surface area contributed by atoms with Crippen LogP contribution in [0.25, 0.3) is 0 Å². The lowest BCUT2D eigenvalue weighted by molar-refractivity contribution is -0.137. The average Bonchev–Trinajstić information content (AvgIpc) is 3.26. The van der Waals surface area contributed by atoms with Gasteiger partial charge in [0, 0.05) is 25.7 Å². The number of nitrogens with zero attached hydrogens (tertiary/aromatic N) is 2. The highest BCUT2D eigenvalue weighted by atomic mass is 16.5. The van der Waals surface area contributed by atoms with Crippen LogP contribution in [0.5, 0.6) is 0 Å². The normalized spacial score (nSPS) is 23.4. The second kappa shape index (κ2) is 6.90. The van der Waals surface area contributed by atoms with E-state index in [-0.39, 0.29) is 24.7 Å². The fraction of sp³-hybridized carbons (Fsp3) is 0.846. The molecule has 7 nitrogen and oxygen atoms in total. The molecule has 0 radical (unpaired) electrons. The van der Waals surface area contributed by atoms with E-state index >= 15 is 0 Å². The Morgan fingerprint density at radius 2 is 2.20 bits per heavy atom. The summed E-state index contributed by atoms with van der Waals surface area (Å²) in [7, 11) is 0. The molecule has 2 fully saturated rings. The fourth-order valence-electron chi connectivity index (χ4n) is 2.39. The molecule has 114 valence electrons. The third-order valence-electron chi connectivity index (χ3n) is 3.71. The summed E-state index contributed by atoms with van der Waals surface area (Å²) in [6.45, 7) is 5.67. The molecule has 1 unspecified atom stereocenters. The first-order chi connectivity index (χ1) is 9.60. The van der Waals surface area contributed by atoms with Gasteiger partial charge in [0.1, 0.15) is 6.54 Å². The largest absolute Gasteiger partial charge is 0.480 e. The molecule has 1 atom stereocenters. The highest BCUT2D eigenvalue weighted by Gasteiger charge is 2.34. The number of rotatable bonds is 6. The molecule has 0 aromatic carbocycles. The molecule has 20 heavy (non-hydrogen) atoms. The SMILES string of the molecule is CCN1CCOC(CNC(=O)N(CC(=O)O)C2CC2)C1. The summed E-state index contributed by atoms with van der Waals surface area (Å²) in [6, 6.07) is -0.211. The summed E-state index contributed by atoms with van der Waals surface area (Å²) in [5.74, 6) is -0.974. The number of hydrogen-bond acceptors (Lipinski definition) is 4. The van der Waals surface area contributed by atoms with Gasteiger partial charge in [-0.05, 0) is 19.4 Å². The monoisotopic (exact) mass is 285 g/mol. The Balaban J connectivity index is 1.76. The van der Waals surface area contributed by atoms with E-state index in [0.29, 0.717) is 13.2 Å². The van der Waals surface area contributed by atoms with Gasteiger partial charge in [0.2, 0.25) is 0 Å². The highest BCUT2D eigenvalue weighted by molar-refractivity contribution is 5.80. The number of morpholine rings is 1. The van der Waals surface area contributed by atoms with Crippen molar-refractivity contribution in [3.05, 3.63) is 0 Å². The molecule has 1 aliphatic carbocycles. The van der Waals surface area contributed by atoms with Crippen LogP contribution in [0.3, 0.4) is 0 Å². The molecular weight excluding hydrogens is 262 g/mol. The summed E-state index contributed by atoms with van der Waals surface area (Å²) in [5, 5.41) is 11.6. The predicted octanol–water partition coefficient (Wildman–Crippen LogP) is -0.0343. The number of carboxylic acids is 1. The Labute approximate surface area is 118 Å². The molecule has 0 bridgehead atoms. The van der Waals surface area contributed by atoms with Gasteiger partial charge in [-0.15, -0.1) is 0 Å². The van der Waals surface area contributed by atoms with Crippen LogP contribution in [0.2, 0.25) is 0 Å². The number of aliphatic carboxylic acids is 1. The minimum atomic E-state index is -0.974. The van der Waals surface area contributed by atoms with E-state index in [1.165, 1.54) is 4.90 Å². The van der Waals surface area contributed by atoms with Crippen molar-refractivity contribution >= 4 is 12.0 Å². The zero-order valence-electron chi connectivity index (χ0n) is 11.9. The summed E-state index contributed by atoms with van der Waals surface area (Å²) < 4.78 is 5.61. The van der Waals surface area contributed by atoms with E-state index in [0.717, 1.165) is 32.5 Å². The minimum Gasteiger partial charge on any atom is -0.480 e. The number of urea groups is 1. The van der Waals surface area contributed by atoms with Gasteiger partial charge in [-0.3, -0.25) is 9.69 Å². The molecule has 0 aromatic rings. The van der Waals surface area contributed by atoms with E-state index in [1.54, 1.807) is 0 Å². The topological polar surface area (TPSA) is 82.1 Å². The van der Waals surface area contributed by atoms with Gasteiger partial charge in [0.15, 0.2) is 0 Å². The zero-order valence-corrected chi connectivity index (χ0v) is 11.9. The molecule has 2 amide bonds. The summed E-state index contributed by atoms with van der Waals surface area (Å²) in [4.78, 5) is 26.5. The van der Waals surface area contributed by atoms with Gasteiger partial charge < -0.3 is 20.1 Å². The number of carboxylic acid groups (broad SMARTS) is 1. The van der Waals surface area contributed by atoms with E-state index in [1.807, 2.05) is 0 Å². The quantitative estimate of drug-likeness (QED) is 0.716. The van der Waals surface area contributed by atoms with Crippen LogP contribution < -0.4 is 5.32 Å². The number of carbonyl (C=O) groups is 2. The van der Waals surface area contributed by atoms with Crippen molar-refractivity contribution in [3.63, 3.8) is 0 Å². The van der Waals surface area contributed by atoms with Crippen molar-refractivity contribution in [1.82, 2.24) is 15.1 Å². The van der Waals surface area contributed by atoms with Gasteiger partial charge in [-0.25, -0.2) is 4.79 Å². The van der Waals surface area contributed by atoms with E-state index in [9.17, 15) is 9.59 Å². The van der Waals surface area contributed by atoms with Crippen molar-refractivity contribution in [1.29, 1.82) is 0 Å². The Bertz CT molecular complexity index is 360. The standard InChI is InChI=1S/C13H23N3O4/c1-2-15-5-6-20-11(8-15)7-14-13(19)16(9-12(17)18)10-3-4-10/h10-11H,2-9H2,1H3,(H,14,19)(H,17,18). The van der Waals surface area contributed by atoms with Crippen molar-refractivity contribution in [2.24, 2.45) is 0 Å². The van der Waals surface area contributed by atoms with Crippen molar-refractivity contribution in [2.45, 2.75) is 31.9 Å². The second-order valence-electron chi connectivity index (χ2n) is 5.32. The van der Waals surface area contributed by atoms with Gasteiger partial charge >= 0.3 is 12.0 Å². The Hall–Kier alpha value is -1.34. The van der Waals surface area contributed by atoms with Crippen LogP contribution in [0.1, 0.15) is 19.8 Å². The van der Waals surface area contributed by atoms with Crippen LogP contribution in [0, 0.1) is 0 Å².